The van der Waals surface area contributed by atoms with E-state index in [0.717, 1.165) is 65.8 Å². The van der Waals surface area contributed by atoms with E-state index >= 15 is 0 Å². The van der Waals surface area contributed by atoms with E-state index in [1.54, 1.807) is 12.1 Å². The van der Waals surface area contributed by atoms with E-state index in [1.165, 1.54) is 0 Å². The summed E-state index contributed by atoms with van der Waals surface area (Å²) in [5.74, 6) is 0.840. The molecule has 0 aromatic heterocycles. The molecule has 2 aromatic rings. The van der Waals surface area contributed by atoms with Crippen molar-refractivity contribution < 1.29 is 14.4 Å². The number of hydrazine groups is 1. The predicted octanol–water partition coefficient (Wildman–Crippen LogP) is 1.89. The van der Waals surface area contributed by atoms with Gasteiger partial charge in [0.25, 0.3) is 5.91 Å². The van der Waals surface area contributed by atoms with Crippen LogP contribution in [0.1, 0.15) is 18.9 Å². The third-order valence-electron chi connectivity index (χ3n) is 6.92. The van der Waals surface area contributed by atoms with Crippen molar-refractivity contribution in [1.29, 1.82) is 0 Å². The minimum Gasteiger partial charge on any atom is -0.494 e. The fraction of sp³-hybridized carbons (Fsp3) is 0.333. The van der Waals surface area contributed by atoms with Crippen LogP contribution in [-0.4, -0.2) is 56.1 Å². The van der Waals surface area contributed by atoms with Crippen LogP contribution in [0.15, 0.2) is 71.3 Å². The summed E-state index contributed by atoms with van der Waals surface area (Å²) in [4.78, 5) is 20.8. The Labute approximate surface area is 222 Å². The Bertz CT molecular complexity index is 1270. The van der Waals surface area contributed by atoms with Crippen molar-refractivity contribution in [2.24, 2.45) is 10.7 Å². The van der Waals surface area contributed by atoms with Crippen LogP contribution in [0.2, 0.25) is 5.02 Å². The third-order valence-corrected chi connectivity index (χ3v) is 7.29. The van der Waals surface area contributed by atoms with Crippen molar-refractivity contribution in [2.45, 2.75) is 25.8 Å². The first-order valence-corrected chi connectivity index (χ1v) is 12.9. The van der Waals surface area contributed by atoms with Crippen LogP contribution in [0.25, 0.3) is 0 Å². The number of nitrogens with one attached hydrogen (secondary N) is 3. The molecule has 2 aromatic carbocycles. The maximum absolute atomic E-state index is 12.8. The Morgan fingerprint density at radius 2 is 2.05 bits per heavy atom. The molecule has 37 heavy (non-hydrogen) atoms. The highest BCUT2D eigenvalue weighted by molar-refractivity contribution is 6.31. The van der Waals surface area contributed by atoms with Gasteiger partial charge in [0.05, 0.1) is 31.1 Å². The van der Waals surface area contributed by atoms with Crippen molar-refractivity contribution in [3.05, 3.63) is 76.8 Å². The number of aliphatic imine (C=N–C) groups is 1. The molecule has 3 aliphatic rings. The molecule has 0 spiro atoms. The number of allylic oxidation sites excluding steroid dienone is 2. The Morgan fingerprint density at radius 1 is 1.27 bits per heavy atom. The molecule has 9 nitrogen and oxygen atoms in total. The summed E-state index contributed by atoms with van der Waals surface area (Å²) in [6.45, 7) is 5.82. The molecule has 0 aliphatic carbocycles. The molecule has 1 amide bonds. The lowest BCUT2D eigenvalue weighted by atomic mass is 10.1. The van der Waals surface area contributed by atoms with Gasteiger partial charge >= 0.3 is 0 Å². The number of fused-ring (bicyclic) bond motifs is 1. The largest absolute Gasteiger partial charge is 0.494 e. The number of halogens is 1. The number of nitrogens with two attached hydrogens (primary N) is 1. The van der Waals surface area contributed by atoms with Gasteiger partial charge in [-0.1, -0.05) is 36.7 Å². The van der Waals surface area contributed by atoms with E-state index in [1.807, 2.05) is 55.7 Å². The number of amidine groups is 1. The SMILES string of the molecule is CCC1=C[NH+]2C(Cc3ccccc3Cl)=CN(Nc3ccc(N4CCNCC4)cc3OC)C(C(N)=O)C2=N1. The lowest BCUT2D eigenvalue weighted by Crippen LogP contribution is -3.11. The van der Waals surface area contributed by atoms with Crippen LogP contribution in [-0.2, 0) is 11.2 Å². The number of methoxy groups -OCH3 is 1. The summed E-state index contributed by atoms with van der Waals surface area (Å²) in [5, 5.41) is 5.81. The van der Waals surface area contributed by atoms with Gasteiger partial charge in [-0.15, -0.1) is 0 Å². The molecule has 5 N–H and O–H groups in total. The fourth-order valence-corrected chi connectivity index (χ4v) is 5.17. The maximum Gasteiger partial charge on any atom is 0.254 e. The van der Waals surface area contributed by atoms with Gasteiger partial charge in [0, 0.05) is 43.0 Å². The van der Waals surface area contributed by atoms with Crippen molar-refractivity contribution in [1.82, 2.24) is 10.3 Å². The van der Waals surface area contributed by atoms with Gasteiger partial charge in [-0.25, -0.2) is 4.90 Å². The number of nitrogens with zero attached hydrogens (tertiary/aromatic N) is 3. The molecule has 0 radical (unpaired) electrons. The number of carbonyl (C=O) groups excluding carboxylic acids is 1. The lowest BCUT2D eigenvalue weighted by Gasteiger charge is -2.35. The van der Waals surface area contributed by atoms with Gasteiger partial charge in [0.15, 0.2) is 0 Å². The van der Waals surface area contributed by atoms with Crippen LogP contribution in [0.4, 0.5) is 11.4 Å². The monoisotopic (exact) mass is 522 g/mol. The Hall–Kier alpha value is -3.53. The topological polar surface area (TPSA) is 99.7 Å². The molecule has 1 fully saturated rings. The standard InChI is InChI=1S/C27H32ClN7O2/c1-3-19-16-34-21(14-18-6-4-5-7-22(18)28)17-35(25(26(29)36)27(34)31-19)32-23-9-8-20(15-24(23)37-2)33-12-10-30-11-13-33/h4-9,15-17,25,30,32H,3,10-14H2,1-2H3,(H2,29,36)/p+1. The molecule has 10 heteroatoms. The highest BCUT2D eigenvalue weighted by atomic mass is 35.5. The number of anilines is 2. The number of rotatable bonds is 8. The number of benzene rings is 2. The van der Waals surface area contributed by atoms with Crippen molar-refractivity contribution in [2.75, 3.05) is 43.6 Å². The molecule has 2 atom stereocenters. The summed E-state index contributed by atoms with van der Waals surface area (Å²) in [5.41, 5.74) is 14.1. The first kappa shape index (κ1) is 25.1. The summed E-state index contributed by atoms with van der Waals surface area (Å²) in [7, 11) is 1.65. The second-order valence-corrected chi connectivity index (χ2v) is 9.68. The molecular weight excluding hydrogens is 490 g/mol. The number of ether oxygens (including phenoxy) is 1. The molecular formula is C27H33ClN7O2+. The van der Waals surface area contributed by atoms with Gasteiger partial charge in [-0.3, -0.25) is 15.2 Å². The molecule has 1 saturated heterocycles. The highest BCUT2D eigenvalue weighted by Gasteiger charge is 2.44. The van der Waals surface area contributed by atoms with E-state index in [9.17, 15) is 4.79 Å². The molecule has 0 bridgehead atoms. The molecule has 3 aliphatic heterocycles. The van der Waals surface area contributed by atoms with E-state index < -0.39 is 11.9 Å². The van der Waals surface area contributed by atoms with Gasteiger partial charge in [0.1, 0.15) is 17.6 Å². The van der Waals surface area contributed by atoms with E-state index in [0.29, 0.717) is 23.0 Å². The fourth-order valence-electron chi connectivity index (χ4n) is 4.97. The Morgan fingerprint density at radius 3 is 2.76 bits per heavy atom. The van der Waals surface area contributed by atoms with Crippen LogP contribution in [0.5, 0.6) is 5.75 Å². The normalized spacial score (nSPS) is 21.1. The summed E-state index contributed by atoms with van der Waals surface area (Å²) in [6, 6.07) is 13.1. The number of quaternary nitrogens is 1. The average molecular weight is 523 g/mol. The van der Waals surface area contributed by atoms with Crippen LogP contribution in [0.3, 0.4) is 0 Å². The number of hydrogen-bond acceptors (Lipinski definition) is 7. The maximum atomic E-state index is 12.8. The summed E-state index contributed by atoms with van der Waals surface area (Å²) < 4.78 is 5.74. The average Bonchev–Trinajstić information content (AvgIpc) is 3.35. The Kier molecular flexibility index (Phi) is 7.36. The third kappa shape index (κ3) is 5.16. The van der Waals surface area contributed by atoms with Crippen LogP contribution in [0, 0.1) is 0 Å². The van der Waals surface area contributed by atoms with Crippen molar-refractivity contribution >= 4 is 34.7 Å². The first-order chi connectivity index (χ1) is 18.0. The predicted molar refractivity (Wildman–Crippen MR) is 147 cm³/mol. The summed E-state index contributed by atoms with van der Waals surface area (Å²) >= 11 is 6.50. The number of amides is 1. The number of hydrogen-bond donors (Lipinski definition) is 4. The minimum atomic E-state index is -0.775. The lowest BCUT2D eigenvalue weighted by molar-refractivity contribution is -0.704. The summed E-state index contributed by atoms with van der Waals surface area (Å²) in [6.07, 6.45) is 5.33. The highest BCUT2D eigenvalue weighted by Crippen LogP contribution is 2.31. The number of primary amides is 1. The minimum absolute atomic E-state index is 0.487. The Balaban J connectivity index is 1.50. The van der Waals surface area contributed by atoms with Gasteiger partial charge in [-0.05, 0) is 30.2 Å². The van der Waals surface area contributed by atoms with Gasteiger partial charge < -0.3 is 20.7 Å². The van der Waals surface area contributed by atoms with Crippen LogP contribution >= 0.6 is 11.6 Å². The molecule has 0 saturated carbocycles. The van der Waals surface area contributed by atoms with E-state index in [2.05, 4.69) is 21.7 Å². The molecule has 2 unspecified atom stereocenters. The first-order valence-electron chi connectivity index (χ1n) is 12.6. The second-order valence-electron chi connectivity index (χ2n) is 9.27. The van der Waals surface area contributed by atoms with Crippen molar-refractivity contribution in [3.63, 3.8) is 0 Å². The number of carbonyl (C=O) groups is 1. The molecule has 3 heterocycles. The number of piperazine rings is 1. The van der Waals surface area contributed by atoms with Gasteiger partial charge in [-0.2, -0.15) is 4.99 Å². The van der Waals surface area contributed by atoms with Gasteiger partial charge in [0.2, 0.25) is 11.9 Å². The van der Waals surface area contributed by atoms with Crippen molar-refractivity contribution in [3.8, 4) is 5.75 Å². The quantitative estimate of drug-likeness (QED) is 0.422. The van der Waals surface area contributed by atoms with Crippen LogP contribution < -0.4 is 31.0 Å². The smallest absolute Gasteiger partial charge is 0.254 e. The zero-order valence-electron chi connectivity index (χ0n) is 21.1. The molecule has 194 valence electrons. The molecule has 5 rings (SSSR count). The van der Waals surface area contributed by atoms with E-state index in [-0.39, 0.29) is 0 Å². The zero-order valence-corrected chi connectivity index (χ0v) is 21.9. The van der Waals surface area contributed by atoms with E-state index in [4.69, 9.17) is 27.1 Å². The zero-order chi connectivity index (χ0) is 25.9. The second kappa shape index (κ2) is 10.8.